The van der Waals surface area contributed by atoms with Gasteiger partial charge in [-0.25, -0.2) is 4.79 Å². The molecule has 1 saturated heterocycles. The van der Waals surface area contributed by atoms with Crippen molar-refractivity contribution in [3.8, 4) is 0 Å². The molecule has 1 atom stereocenters. The molecule has 1 aliphatic heterocycles. The smallest absolute Gasteiger partial charge is 0.316 e. The van der Waals surface area contributed by atoms with Crippen molar-refractivity contribution in [2.75, 3.05) is 33.7 Å². The summed E-state index contributed by atoms with van der Waals surface area (Å²) in [7, 11) is 3.35. The van der Waals surface area contributed by atoms with Gasteiger partial charge in [-0.05, 0) is 19.4 Å². The Morgan fingerprint density at radius 3 is 2.56 bits per heavy atom. The van der Waals surface area contributed by atoms with Crippen LogP contribution in [0.5, 0.6) is 0 Å². The molecular formula is C10H20N4O2. The Morgan fingerprint density at radius 1 is 1.31 bits per heavy atom. The number of hydrogen-bond acceptors (Lipinski definition) is 3. The summed E-state index contributed by atoms with van der Waals surface area (Å²) in [5.41, 5.74) is 0. The van der Waals surface area contributed by atoms with Gasteiger partial charge < -0.3 is 20.9 Å². The SMILES string of the molecule is CN(C)C(=O)NCCNC(=O)C1CCCN1. The number of amides is 3. The molecule has 1 aliphatic rings. The molecule has 6 heteroatoms. The van der Waals surface area contributed by atoms with Gasteiger partial charge in [0.15, 0.2) is 0 Å². The zero-order valence-corrected chi connectivity index (χ0v) is 9.88. The summed E-state index contributed by atoms with van der Waals surface area (Å²) in [6.07, 6.45) is 1.95. The van der Waals surface area contributed by atoms with Gasteiger partial charge >= 0.3 is 6.03 Å². The van der Waals surface area contributed by atoms with Crippen LogP contribution in [0.1, 0.15) is 12.8 Å². The molecule has 0 aliphatic carbocycles. The first kappa shape index (κ1) is 12.8. The lowest BCUT2D eigenvalue weighted by molar-refractivity contribution is -0.122. The quantitative estimate of drug-likeness (QED) is 0.547. The predicted octanol–water partition coefficient (Wildman–Crippen LogP) is -0.874. The van der Waals surface area contributed by atoms with E-state index in [9.17, 15) is 9.59 Å². The molecule has 1 rings (SSSR count). The van der Waals surface area contributed by atoms with Crippen LogP contribution in [0.3, 0.4) is 0 Å². The highest BCUT2D eigenvalue weighted by Crippen LogP contribution is 2.03. The summed E-state index contributed by atoms with van der Waals surface area (Å²) in [5.74, 6) is 0.0246. The van der Waals surface area contributed by atoms with Gasteiger partial charge in [-0.2, -0.15) is 0 Å². The summed E-state index contributed by atoms with van der Waals surface area (Å²) in [5, 5.41) is 8.58. The molecule has 3 N–H and O–H groups in total. The lowest BCUT2D eigenvalue weighted by Gasteiger charge is -2.13. The van der Waals surface area contributed by atoms with Crippen molar-refractivity contribution in [3.05, 3.63) is 0 Å². The zero-order chi connectivity index (χ0) is 12.0. The molecule has 6 nitrogen and oxygen atoms in total. The molecular weight excluding hydrogens is 208 g/mol. The van der Waals surface area contributed by atoms with E-state index in [0.717, 1.165) is 19.4 Å². The van der Waals surface area contributed by atoms with Crippen LogP contribution >= 0.6 is 0 Å². The summed E-state index contributed by atoms with van der Waals surface area (Å²) in [6.45, 7) is 1.83. The fourth-order valence-electron chi connectivity index (χ4n) is 1.54. The van der Waals surface area contributed by atoms with Crippen molar-refractivity contribution in [1.82, 2.24) is 20.9 Å². The second kappa shape index (κ2) is 6.32. The van der Waals surface area contributed by atoms with Gasteiger partial charge in [0, 0.05) is 27.2 Å². The van der Waals surface area contributed by atoms with E-state index in [1.807, 2.05) is 0 Å². The molecule has 1 fully saturated rings. The van der Waals surface area contributed by atoms with Gasteiger partial charge in [0.2, 0.25) is 5.91 Å². The highest BCUT2D eigenvalue weighted by Gasteiger charge is 2.21. The van der Waals surface area contributed by atoms with Crippen LogP contribution in [0.25, 0.3) is 0 Å². The number of carbonyl (C=O) groups is 2. The van der Waals surface area contributed by atoms with Crippen LogP contribution in [0.4, 0.5) is 4.79 Å². The first-order valence-corrected chi connectivity index (χ1v) is 5.57. The maximum Gasteiger partial charge on any atom is 0.316 e. The third kappa shape index (κ3) is 4.06. The number of urea groups is 1. The summed E-state index contributed by atoms with van der Waals surface area (Å²) in [6, 6.07) is -0.196. The Morgan fingerprint density at radius 2 is 2.00 bits per heavy atom. The molecule has 0 aromatic heterocycles. The Bertz CT molecular complexity index is 249. The normalized spacial score (nSPS) is 19.2. The van der Waals surface area contributed by atoms with Crippen LogP contribution in [-0.2, 0) is 4.79 Å². The Balaban J connectivity index is 2.06. The minimum atomic E-state index is -0.145. The van der Waals surface area contributed by atoms with E-state index in [2.05, 4.69) is 16.0 Å². The fraction of sp³-hybridized carbons (Fsp3) is 0.800. The Kier molecular flexibility index (Phi) is 5.04. The fourth-order valence-corrected chi connectivity index (χ4v) is 1.54. The number of rotatable bonds is 4. The van der Waals surface area contributed by atoms with Gasteiger partial charge in [0.05, 0.1) is 6.04 Å². The van der Waals surface area contributed by atoms with Crippen LogP contribution in [-0.4, -0.2) is 56.6 Å². The maximum atomic E-state index is 11.5. The van der Waals surface area contributed by atoms with Crippen LogP contribution in [0.2, 0.25) is 0 Å². The van der Waals surface area contributed by atoms with Crippen LogP contribution in [0.15, 0.2) is 0 Å². The first-order valence-electron chi connectivity index (χ1n) is 5.57. The summed E-state index contributed by atoms with van der Waals surface area (Å²) < 4.78 is 0. The van der Waals surface area contributed by atoms with Gasteiger partial charge in [0.25, 0.3) is 0 Å². The Labute approximate surface area is 95.8 Å². The molecule has 0 saturated carbocycles. The number of carbonyl (C=O) groups excluding carboxylic acids is 2. The van der Waals surface area contributed by atoms with Crippen molar-refractivity contribution in [3.63, 3.8) is 0 Å². The minimum absolute atomic E-state index is 0.0246. The topological polar surface area (TPSA) is 73.5 Å². The lowest BCUT2D eigenvalue weighted by atomic mass is 10.2. The lowest BCUT2D eigenvalue weighted by Crippen LogP contribution is -2.44. The van der Waals surface area contributed by atoms with E-state index >= 15 is 0 Å². The van der Waals surface area contributed by atoms with E-state index in [-0.39, 0.29) is 18.0 Å². The van der Waals surface area contributed by atoms with Crippen molar-refractivity contribution in [2.45, 2.75) is 18.9 Å². The largest absolute Gasteiger partial charge is 0.353 e. The average molecular weight is 228 g/mol. The number of nitrogens with one attached hydrogen (secondary N) is 3. The molecule has 92 valence electrons. The summed E-state index contributed by atoms with van der Waals surface area (Å²) >= 11 is 0. The van der Waals surface area contributed by atoms with Crippen molar-refractivity contribution < 1.29 is 9.59 Å². The third-order valence-electron chi connectivity index (χ3n) is 2.48. The molecule has 1 heterocycles. The van der Waals surface area contributed by atoms with Crippen molar-refractivity contribution in [1.29, 1.82) is 0 Å². The third-order valence-corrected chi connectivity index (χ3v) is 2.48. The van der Waals surface area contributed by atoms with Crippen LogP contribution in [0, 0.1) is 0 Å². The van der Waals surface area contributed by atoms with Crippen molar-refractivity contribution >= 4 is 11.9 Å². The molecule has 1 unspecified atom stereocenters. The summed E-state index contributed by atoms with van der Waals surface area (Å²) in [4.78, 5) is 24.1. The highest BCUT2D eigenvalue weighted by molar-refractivity contribution is 5.82. The second-order valence-electron chi connectivity index (χ2n) is 4.07. The molecule has 0 radical (unpaired) electrons. The van der Waals surface area contributed by atoms with Gasteiger partial charge in [0.1, 0.15) is 0 Å². The molecule has 0 bridgehead atoms. The van der Waals surface area contributed by atoms with Gasteiger partial charge in [-0.15, -0.1) is 0 Å². The predicted molar refractivity (Wildman–Crippen MR) is 61.1 cm³/mol. The second-order valence-corrected chi connectivity index (χ2v) is 4.07. The molecule has 3 amide bonds. The standard InChI is InChI=1S/C10H20N4O2/c1-14(2)10(16)13-7-6-12-9(15)8-4-3-5-11-8/h8,11H,3-7H2,1-2H3,(H,12,15)(H,13,16). The minimum Gasteiger partial charge on any atom is -0.353 e. The number of hydrogen-bond donors (Lipinski definition) is 3. The van der Waals surface area contributed by atoms with Crippen LogP contribution < -0.4 is 16.0 Å². The molecule has 0 aromatic rings. The monoisotopic (exact) mass is 228 g/mol. The average Bonchev–Trinajstić information content (AvgIpc) is 2.76. The maximum absolute atomic E-state index is 11.5. The van der Waals surface area contributed by atoms with Crippen molar-refractivity contribution in [2.24, 2.45) is 0 Å². The van der Waals surface area contributed by atoms with Gasteiger partial charge in [-0.1, -0.05) is 0 Å². The zero-order valence-electron chi connectivity index (χ0n) is 9.88. The van der Waals surface area contributed by atoms with E-state index in [1.54, 1.807) is 14.1 Å². The van der Waals surface area contributed by atoms with Gasteiger partial charge in [-0.3, -0.25) is 4.79 Å². The Hall–Kier alpha value is -1.30. The van der Waals surface area contributed by atoms with E-state index < -0.39 is 0 Å². The highest BCUT2D eigenvalue weighted by atomic mass is 16.2. The molecule has 0 aromatic carbocycles. The van der Waals surface area contributed by atoms with E-state index in [1.165, 1.54) is 4.90 Å². The van der Waals surface area contributed by atoms with E-state index in [0.29, 0.717) is 13.1 Å². The van der Waals surface area contributed by atoms with E-state index in [4.69, 9.17) is 0 Å². The number of nitrogens with zero attached hydrogens (tertiary/aromatic N) is 1. The molecule has 0 spiro atoms. The molecule has 16 heavy (non-hydrogen) atoms. The first-order chi connectivity index (χ1) is 7.61.